The summed E-state index contributed by atoms with van der Waals surface area (Å²) >= 11 is 0. The highest BCUT2D eigenvalue weighted by atomic mass is 32.2. The quantitative estimate of drug-likeness (QED) is 0.644. The molecule has 2 aromatic carbocycles. The molecule has 0 radical (unpaired) electrons. The molecule has 0 aliphatic heterocycles. The van der Waals surface area contributed by atoms with Gasteiger partial charge in [0.15, 0.2) is 0 Å². The maximum absolute atomic E-state index is 13.8. The van der Waals surface area contributed by atoms with Gasteiger partial charge in [-0.2, -0.15) is 4.31 Å². The number of halogens is 1. The van der Waals surface area contributed by atoms with Crippen molar-refractivity contribution in [3.8, 4) is 0 Å². The second-order valence-electron chi connectivity index (χ2n) is 8.50. The molecule has 0 bridgehead atoms. The Morgan fingerprint density at radius 1 is 1.00 bits per heavy atom. The molecule has 0 unspecified atom stereocenters. The van der Waals surface area contributed by atoms with E-state index in [1.807, 2.05) is 19.1 Å². The van der Waals surface area contributed by atoms with Crippen molar-refractivity contribution >= 4 is 21.6 Å². The molecular formula is C24H31FN2O3S. The maximum atomic E-state index is 13.8. The molecule has 7 heteroatoms. The van der Waals surface area contributed by atoms with Crippen LogP contribution in [0.15, 0.2) is 41.3 Å². The Balaban J connectivity index is 1.96. The summed E-state index contributed by atoms with van der Waals surface area (Å²) in [5.74, 6) is -0.732. The van der Waals surface area contributed by atoms with Gasteiger partial charge in [0, 0.05) is 18.8 Å². The van der Waals surface area contributed by atoms with Crippen LogP contribution in [0.3, 0.4) is 0 Å². The minimum Gasteiger partial charge on any atom is -0.314 e. The number of hydrogen-bond donors (Lipinski definition) is 0. The fourth-order valence-corrected chi connectivity index (χ4v) is 6.57. The summed E-state index contributed by atoms with van der Waals surface area (Å²) < 4.78 is 42.3. The van der Waals surface area contributed by atoms with Crippen molar-refractivity contribution < 1.29 is 17.6 Å². The van der Waals surface area contributed by atoms with Gasteiger partial charge in [0.25, 0.3) is 0 Å². The number of carbonyl (C=O) groups is 1. The topological polar surface area (TPSA) is 57.7 Å². The number of likely N-dealkylation sites (N-methyl/N-ethyl adjacent to an activating group) is 1. The van der Waals surface area contributed by atoms with Crippen LogP contribution in [-0.2, 0) is 14.8 Å². The lowest BCUT2D eigenvalue weighted by Gasteiger charge is -2.34. The first-order chi connectivity index (χ1) is 14.6. The van der Waals surface area contributed by atoms with Gasteiger partial charge in [0.1, 0.15) is 5.82 Å². The molecule has 0 heterocycles. The number of carbonyl (C=O) groups excluding carboxylic acids is 1. The van der Waals surface area contributed by atoms with E-state index >= 15 is 0 Å². The molecular weight excluding hydrogens is 415 g/mol. The van der Waals surface area contributed by atoms with Crippen molar-refractivity contribution in [1.82, 2.24) is 4.31 Å². The molecule has 31 heavy (non-hydrogen) atoms. The lowest BCUT2D eigenvalue weighted by molar-refractivity contribution is -0.119. The maximum Gasteiger partial charge on any atom is 0.244 e. The SMILES string of the molecule is Cc1cc(C)c(S(=O)(=O)N(CC(=O)N(C)c2ccc(F)cc2)C2CCCCC2)c(C)c1. The van der Waals surface area contributed by atoms with E-state index in [1.165, 1.54) is 33.5 Å². The molecule has 1 aliphatic rings. The lowest BCUT2D eigenvalue weighted by Crippen LogP contribution is -2.47. The molecule has 0 saturated heterocycles. The molecule has 0 spiro atoms. The van der Waals surface area contributed by atoms with Crippen molar-refractivity contribution in [3.05, 3.63) is 58.9 Å². The van der Waals surface area contributed by atoms with E-state index in [4.69, 9.17) is 0 Å². The number of nitrogens with zero attached hydrogens (tertiary/aromatic N) is 2. The van der Waals surface area contributed by atoms with E-state index < -0.39 is 10.0 Å². The highest BCUT2D eigenvalue weighted by Gasteiger charge is 2.36. The predicted molar refractivity (Wildman–Crippen MR) is 121 cm³/mol. The molecule has 2 aromatic rings. The van der Waals surface area contributed by atoms with Crippen LogP contribution in [0, 0.1) is 26.6 Å². The number of anilines is 1. The molecule has 5 nitrogen and oxygen atoms in total. The average Bonchev–Trinajstić information content (AvgIpc) is 2.71. The molecule has 0 N–H and O–H groups in total. The molecule has 1 saturated carbocycles. The van der Waals surface area contributed by atoms with Crippen molar-refractivity contribution in [1.29, 1.82) is 0 Å². The van der Waals surface area contributed by atoms with Crippen LogP contribution >= 0.6 is 0 Å². The minimum absolute atomic E-state index is 0.204. The Hall–Kier alpha value is -2.25. The number of rotatable bonds is 6. The number of amides is 1. The summed E-state index contributed by atoms with van der Waals surface area (Å²) in [5.41, 5.74) is 2.91. The van der Waals surface area contributed by atoms with Gasteiger partial charge >= 0.3 is 0 Å². The smallest absolute Gasteiger partial charge is 0.244 e. The van der Waals surface area contributed by atoms with E-state index in [0.29, 0.717) is 21.7 Å². The molecule has 0 atom stereocenters. The number of sulfonamides is 1. The zero-order chi connectivity index (χ0) is 22.8. The van der Waals surface area contributed by atoms with E-state index in [2.05, 4.69) is 0 Å². The first-order valence-electron chi connectivity index (χ1n) is 10.7. The van der Waals surface area contributed by atoms with Crippen LogP contribution < -0.4 is 4.90 Å². The van der Waals surface area contributed by atoms with Crippen LogP contribution in [0.5, 0.6) is 0 Å². The monoisotopic (exact) mass is 446 g/mol. The highest BCUT2D eigenvalue weighted by Crippen LogP contribution is 2.31. The summed E-state index contributed by atoms with van der Waals surface area (Å²) in [7, 11) is -2.28. The Kier molecular flexibility index (Phi) is 7.17. The van der Waals surface area contributed by atoms with Crippen molar-refractivity contribution in [2.75, 3.05) is 18.5 Å². The van der Waals surface area contributed by atoms with Crippen LogP contribution in [0.25, 0.3) is 0 Å². The molecule has 168 valence electrons. The highest BCUT2D eigenvalue weighted by molar-refractivity contribution is 7.89. The fraction of sp³-hybridized carbons (Fsp3) is 0.458. The zero-order valence-corrected chi connectivity index (χ0v) is 19.5. The molecule has 1 aliphatic carbocycles. The number of benzene rings is 2. The van der Waals surface area contributed by atoms with Crippen molar-refractivity contribution in [2.24, 2.45) is 0 Å². The molecule has 3 rings (SSSR count). The lowest BCUT2D eigenvalue weighted by atomic mass is 9.95. The van der Waals surface area contributed by atoms with Crippen LogP contribution in [0.4, 0.5) is 10.1 Å². The van der Waals surface area contributed by atoms with Crippen LogP contribution in [0.2, 0.25) is 0 Å². The van der Waals surface area contributed by atoms with Gasteiger partial charge in [-0.3, -0.25) is 4.79 Å². The Labute approximate surface area is 184 Å². The predicted octanol–water partition coefficient (Wildman–Crippen LogP) is 4.74. The Bertz CT molecular complexity index is 1020. The van der Waals surface area contributed by atoms with Gasteiger partial charge in [0.05, 0.1) is 11.4 Å². The largest absolute Gasteiger partial charge is 0.314 e. The van der Waals surface area contributed by atoms with Crippen molar-refractivity contribution in [2.45, 2.75) is 63.8 Å². The normalized spacial score (nSPS) is 15.3. The van der Waals surface area contributed by atoms with E-state index in [0.717, 1.165) is 37.7 Å². The van der Waals surface area contributed by atoms with Gasteiger partial charge in [-0.05, 0) is 69.0 Å². The van der Waals surface area contributed by atoms with E-state index in [-0.39, 0.29) is 24.3 Å². The average molecular weight is 447 g/mol. The van der Waals surface area contributed by atoms with Gasteiger partial charge in [0.2, 0.25) is 15.9 Å². The molecule has 0 aromatic heterocycles. The summed E-state index contributed by atoms with van der Waals surface area (Å²) in [6, 6.07) is 9.13. The Morgan fingerprint density at radius 3 is 2.10 bits per heavy atom. The summed E-state index contributed by atoms with van der Waals surface area (Å²) in [6.07, 6.45) is 4.47. The third kappa shape index (κ3) is 5.15. The number of hydrogen-bond acceptors (Lipinski definition) is 3. The summed E-state index contributed by atoms with van der Waals surface area (Å²) in [6.45, 7) is 5.31. The van der Waals surface area contributed by atoms with Gasteiger partial charge in [-0.25, -0.2) is 12.8 Å². The zero-order valence-electron chi connectivity index (χ0n) is 18.7. The summed E-state index contributed by atoms with van der Waals surface area (Å²) in [4.78, 5) is 14.8. The second kappa shape index (κ2) is 9.49. The van der Waals surface area contributed by atoms with E-state index in [9.17, 15) is 17.6 Å². The third-order valence-corrected chi connectivity index (χ3v) is 8.24. The van der Waals surface area contributed by atoms with Gasteiger partial charge in [-0.1, -0.05) is 37.0 Å². The first kappa shape index (κ1) is 23.4. The van der Waals surface area contributed by atoms with Crippen LogP contribution in [0.1, 0.15) is 48.8 Å². The molecule has 1 amide bonds. The van der Waals surface area contributed by atoms with Crippen LogP contribution in [-0.4, -0.2) is 38.3 Å². The summed E-state index contributed by atoms with van der Waals surface area (Å²) in [5, 5.41) is 0. The van der Waals surface area contributed by atoms with Gasteiger partial charge < -0.3 is 4.90 Å². The first-order valence-corrected chi connectivity index (χ1v) is 12.2. The Morgan fingerprint density at radius 2 is 1.55 bits per heavy atom. The number of aryl methyl sites for hydroxylation is 3. The van der Waals surface area contributed by atoms with E-state index in [1.54, 1.807) is 20.9 Å². The standard InChI is InChI=1S/C24H31FN2O3S/c1-17-14-18(2)24(19(3)15-17)31(29,30)27(22-8-6-5-7-9-22)16-23(28)26(4)21-12-10-20(25)11-13-21/h10-15,22H,5-9,16H2,1-4H3. The minimum atomic E-state index is -3.87. The van der Waals surface area contributed by atoms with Gasteiger partial charge in [-0.15, -0.1) is 0 Å². The van der Waals surface area contributed by atoms with Crippen molar-refractivity contribution in [3.63, 3.8) is 0 Å². The molecule has 1 fully saturated rings. The fourth-order valence-electron chi connectivity index (χ4n) is 4.52. The third-order valence-electron chi connectivity index (χ3n) is 6.03. The second-order valence-corrected chi connectivity index (χ2v) is 10.3.